The summed E-state index contributed by atoms with van der Waals surface area (Å²) in [5, 5.41) is 1.46. The standard InChI is InChI=1S/C7H17NSi/c1-5-7(6-8)9(2,3)4/h6H,5,8H2,1-4H3/b7-6+. The van der Waals surface area contributed by atoms with Gasteiger partial charge in [0.25, 0.3) is 0 Å². The van der Waals surface area contributed by atoms with Crippen molar-refractivity contribution in [3.8, 4) is 0 Å². The van der Waals surface area contributed by atoms with E-state index in [0.29, 0.717) is 0 Å². The third-order valence-corrected chi connectivity index (χ3v) is 3.99. The Morgan fingerprint density at radius 1 is 1.44 bits per heavy atom. The van der Waals surface area contributed by atoms with Crippen LogP contribution >= 0.6 is 0 Å². The van der Waals surface area contributed by atoms with Crippen molar-refractivity contribution in [2.24, 2.45) is 5.73 Å². The van der Waals surface area contributed by atoms with Crippen LogP contribution in [-0.2, 0) is 0 Å². The molecule has 0 amide bonds. The second-order valence-corrected chi connectivity index (χ2v) is 8.44. The Balaban J connectivity index is 4.14. The van der Waals surface area contributed by atoms with Crippen molar-refractivity contribution in [3.05, 3.63) is 11.4 Å². The van der Waals surface area contributed by atoms with E-state index in [1.54, 1.807) is 6.20 Å². The molecule has 2 heteroatoms. The van der Waals surface area contributed by atoms with Crippen LogP contribution in [0.25, 0.3) is 0 Å². The first-order chi connectivity index (χ1) is 4.02. The largest absolute Gasteiger partial charge is 0.405 e. The van der Waals surface area contributed by atoms with Crippen LogP contribution in [0.3, 0.4) is 0 Å². The van der Waals surface area contributed by atoms with Gasteiger partial charge in [-0.3, -0.25) is 0 Å². The fourth-order valence-electron chi connectivity index (χ4n) is 0.898. The van der Waals surface area contributed by atoms with Crippen LogP contribution in [0, 0.1) is 0 Å². The van der Waals surface area contributed by atoms with Gasteiger partial charge in [-0.25, -0.2) is 0 Å². The molecule has 0 aromatic heterocycles. The summed E-state index contributed by atoms with van der Waals surface area (Å²) >= 11 is 0. The Hall–Kier alpha value is -0.243. The molecule has 0 heterocycles. The molecule has 54 valence electrons. The van der Waals surface area contributed by atoms with E-state index in [4.69, 9.17) is 5.73 Å². The third kappa shape index (κ3) is 2.70. The lowest BCUT2D eigenvalue weighted by molar-refractivity contribution is 1.15. The molecule has 0 aliphatic rings. The second-order valence-electron chi connectivity index (χ2n) is 3.30. The van der Waals surface area contributed by atoms with Gasteiger partial charge in [-0.1, -0.05) is 31.8 Å². The van der Waals surface area contributed by atoms with Crippen molar-refractivity contribution in [2.45, 2.75) is 33.0 Å². The highest BCUT2D eigenvalue weighted by Crippen LogP contribution is 2.15. The van der Waals surface area contributed by atoms with Gasteiger partial charge in [0.05, 0.1) is 8.07 Å². The van der Waals surface area contributed by atoms with E-state index >= 15 is 0 Å². The topological polar surface area (TPSA) is 26.0 Å². The Kier molecular flexibility index (Phi) is 2.98. The van der Waals surface area contributed by atoms with Crippen molar-refractivity contribution < 1.29 is 0 Å². The molecule has 0 saturated heterocycles. The summed E-state index contributed by atoms with van der Waals surface area (Å²) in [6.07, 6.45) is 2.90. The fraction of sp³-hybridized carbons (Fsp3) is 0.714. The maximum absolute atomic E-state index is 5.44. The van der Waals surface area contributed by atoms with Gasteiger partial charge in [-0.05, 0) is 12.6 Å². The fourth-order valence-corrected chi connectivity index (χ4v) is 2.46. The van der Waals surface area contributed by atoms with E-state index in [0.717, 1.165) is 6.42 Å². The molecule has 1 nitrogen and oxygen atoms in total. The summed E-state index contributed by atoms with van der Waals surface area (Å²) in [5.41, 5.74) is 5.44. The van der Waals surface area contributed by atoms with E-state index in [-0.39, 0.29) is 0 Å². The van der Waals surface area contributed by atoms with Crippen molar-refractivity contribution in [1.29, 1.82) is 0 Å². The lowest BCUT2D eigenvalue weighted by Crippen LogP contribution is -2.24. The number of nitrogens with two attached hydrogens (primary N) is 1. The lowest BCUT2D eigenvalue weighted by Gasteiger charge is -2.18. The first kappa shape index (κ1) is 8.76. The van der Waals surface area contributed by atoms with Gasteiger partial charge < -0.3 is 5.73 Å². The predicted octanol–water partition coefficient (Wildman–Crippen LogP) is 2.12. The van der Waals surface area contributed by atoms with E-state index in [1.807, 2.05) is 0 Å². The van der Waals surface area contributed by atoms with Crippen molar-refractivity contribution in [1.82, 2.24) is 0 Å². The molecule has 0 aromatic rings. The van der Waals surface area contributed by atoms with Crippen LogP contribution in [-0.4, -0.2) is 8.07 Å². The highest BCUT2D eigenvalue weighted by Gasteiger charge is 2.16. The van der Waals surface area contributed by atoms with Gasteiger partial charge in [0, 0.05) is 0 Å². The molecule has 9 heavy (non-hydrogen) atoms. The van der Waals surface area contributed by atoms with Gasteiger partial charge in [-0.15, -0.1) is 0 Å². The van der Waals surface area contributed by atoms with Gasteiger partial charge >= 0.3 is 0 Å². The quantitative estimate of drug-likeness (QED) is 0.589. The summed E-state index contributed by atoms with van der Waals surface area (Å²) in [6.45, 7) is 9.11. The van der Waals surface area contributed by atoms with E-state index in [2.05, 4.69) is 26.6 Å². The van der Waals surface area contributed by atoms with Crippen molar-refractivity contribution >= 4 is 8.07 Å². The minimum absolute atomic E-state index is 1.05. The summed E-state index contributed by atoms with van der Waals surface area (Å²) in [5.74, 6) is 0. The zero-order valence-corrected chi connectivity index (χ0v) is 7.86. The molecular weight excluding hydrogens is 126 g/mol. The molecule has 2 N–H and O–H groups in total. The summed E-state index contributed by atoms with van der Waals surface area (Å²) in [6, 6.07) is 0. The summed E-state index contributed by atoms with van der Waals surface area (Å²) < 4.78 is 0. The van der Waals surface area contributed by atoms with Crippen LogP contribution < -0.4 is 5.73 Å². The lowest BCUT2D eigenvalue weighted by atomic mass is 10.5. The molecule has 0 radical (unpaired) electrons. The van der Waals surface area contributed by atoms with Gasteiger partial charge in [0.1, 0.15) is 0 Å². The smallest absolute Gasteiger partial charge is 0.0742 e. The average molecular weight is 143 g/mol. The van der Waals surface area contributed by atoms with E-state index in [1.165, 1.54) is 5.20 Å². The maximum Gasteiger partial charge on any atom is 0.0742 e. The Morgan fingerprint density at radius 2 is 1.89 bits per heavy atom. The average Bonchev–Trinajstić information content (AvgIpc) is 1.65. The number of hydrogen-bond acceptors (Lipinski definition) is 1. The SMILES string of the molecule is CC/C(=C\N)[Si](C)(C)C. The van der Waals surface area contributed by atoms with Crippen LogP contribution in [0.15, 0.2) is 11.4 Å². The summed E-state index contributed by atoms with van der Waals surface area (Å²) in [4.78, 5) is 0. The number of allylic oxidation sites excluding steroid dienone is 1. The molecule has 0 rings (SSSR count). The molecule has 0 aliphatic carbocycles. The first-order valence-corrected chi connectivity index (χ1v) is 6.93. The molecular formula is C7H17NSi. The van der Waals surface area contributed by atoms with Gasteiger partial charge in [0.2, 0.25) is 0 Å². The zero-order chi connectivity index (χ0) is 7.49. The molecule has 0 aromatic carbocycles. The normalized spacial score (nSPS) is 14.0. The molecule has 0 spiro atoms. The first-order valence-electron chi connectivity index (χ1n) is 3.43. The van der Waals surface area contributed by atoms with Crippen molar-refractivity contribution in [2.75, 3.05) is 0 Å². The third-order valence-electron chi connectivity index (χ3n) is 1.55. The summed E-state index contributed by atoms with van der Waals surface area (Å²) in [7, 11) is -1.05. The minimum atomic E-state index is -1.05. The Bertz CT molecular complexity index is 111. The highest BCUT2D eigenvalue weighted by atomic mass is 28.3. The second kappa shape index (κ2) is 3.06. The molecule has 0 unspecified atom stereocenters. The molecule has 0 aliphatic heterocycles. The highest BCUT2D eigenvalue weighted by molar-refractivity contribution is 6.83. The van der Waals surface area contributed by atoms with Gasteiger partial charge in [-0.2, -0.15) is 0 Å². The van der Waals surface area contributed by atoms with Crippen LogP contribution in [0.5, 0.6) is 0 Å². The molecule has 0 fully saturated rings. The van der Waals surface area contributed by atoms with E-state index in [9.17, 15) is 0 Å². The number of hydrogen-bond donors (Lipinski definition) is 1. The van der Waals surface area contributed by atoms with E-state index < -0.39 is 8.07 Å². The maximum atomic E-state index is 5.44. The van der Waals surface area contributed by atoms with Crippen LogP contribution in [0.1, 0.15) is 13.3 Å². The van der Waals surface area contributed by atoms with Gasteiger partial charge in [0.15, 0.2) is 0 Å². The molecule has 0 bridgehead atoms. The Labute approximate surface area is 59.0 Å². The predicted molar refractivity (Wildman–Crippen MR) is 45.9 cm³/mol. The van der Waals surface area contributed by atoms with Crippen LogP contribution in [0.4, 0.5) is 0 Å². The minimum Gasteiger partial charge on any atom is -0.405 e. The van der Waals surface area contributed by atoms with Crippen molar-refractivity contribution in [3.63, 3.8) is 0 Å². The van der Waals surface area contributed by atoms with Crippen LogP contribution in [0.2, 0.25) is 19.6 Å². The molecule has 0 atom stereocenters. The Morgan fingerprint density at radius 3 is 1.89 bits per heavy atom. The monoisotopic (exact) mass is 143 g/mol. The number of rotatable bonds is 2. The zero-order valence-electron chi connectivity index (χ0n) is 6.86. The molecule has 0 saturated carbocycles.